The van der Waals surface area contributed by atoms with E-state index >= 15 is 0 Å². The number of ether oxygens (including phenoxy) is 4. The lowest BCUT2D eigenvalue weighted by atomic mass is 9.96. The highest BCUT2D eigenvalue weighted by Crippen LogP contribution is 2.38. The largest absolute Gasteiger partial charge is 0.493 e. The SMILES string of the molecule is COc1cc(C(=O)OCCNC2CCCCC2)cc(OC)c1OC.Cl. The predicted molar refractivity (Wildman–Crippen MR) is 98.5 cm³/mol. The zero-order valence-corrected chi connectivity index (χ0v) is 15.9. The first kappa shape index (κ1) is 21.4. The maximum absolute atomic E-state index is 12.2. The fourth-order valence-electron chi connectivity index (χ4n) is 3.00. The van der Waals surface area contributed by atoms with Crippen LogP contribution in [-0.4, -0.2) is 46.5 Å². The Bertz CT molecular complexity index is 521. The van der Waals surface area contributed by atoms with Gasteiger partial charge in [0.2, 0.25) is 5.75 Å². The van der Waals surface area contributed by atoms with Crippen LogP contribution in [-0.2, 0) is 4.74 Å². The van der Waals surface area contributed by atoms with E-state index in [-0.39, 0.29) is 12.4 Å². The van der Waals surface area contributed by atoms with E-state index in [0.29, 0.717) is 42.0 Å². The number of carbonyl (C=O) groups excluding carboxylic acids is 1. The Labute approximate surface area is 155 Å². The Morgan fingerprint density at radius 3 is 2.16 bits per heavy atom. The molecule has 0 aromatic heterocycles. The van der Waals surface area contributed by atoms with E-state index in [0.717, 1.165) is 0 Å². The lowest BCUT2D eigenvalue weighted by Crippen LogP contribution is -2.33. The van der Waals surface area contributed by atoms with Crippen molar-refractivity contribution >= 4 is 18.4 Å². The molecule has 1 aliphatic carbocycles. The number of rotatable bonds is 8. The van der Waals surface area contributed by atoms with Crippen LogP contribution in [0.4, 0.5) is 0 Å². The van der Waals surface area contributed by atoms with Gasteiger partial charge in [0, 0.05) is 12.6 Å². The number of methoxy groups -OCH3 is 3. The van der Waals surface area contributed by atoms with E-state index < -0.39 is 5.97 Å². The van der Waals surface area contributed by atoms with Crippen molar-refractivity contribution in [3.05, 3.63) is 17.7 Å². The first-order chi connectivity index (χ1) is 11.7. The van der Waals surface area contributed by atoms with Crippen molar-refractivity contribution in [1.29, 1.82) is 0 Å². The molecular weight excluding hydrogens is 346 g/mol. The molecule has 0 bridgehead atoms. The molecule has 0 spiro atoms. The fraction of sp³-hybridized carbons (Fsp3) is 0.611. The summed E-state index contributed by atoms with van der Waals surface area (Å²) in [6.45, 7) is 1.01. The predicted octanol–water partition coefficient (Wildman–Crippen LogP) is 3.21. The molecule has 0 amide bonds. The maximum Gasteiger partial charge on any atom is 0.338 e. The smallest absolute Gasteiger partial charge is 0.338 e. The van der Waals surface area contributed by atoms with Crippen LogP contribution < -0.4 is 19.5 Å². The molecule has 1 aromatic carbocycles. The van der Waals surface area contributed by atoms with E-state index in [9.17, 15) is 4.79 Å². The van der Waals surface area contributed by atoms with Crippen LogP contribution in [0, 0.1) is 0 Å². The molecule has 0 radical (unpaired) electrons. The molecule has 7 heteroatoms. The summed E-state index contributed by atoms with van der Waals surface area (Å²) in [6.07, 6.45) is 6.31. The highest BCUT2D eigenvalue weighted by molar-refractivity contribution is 5.91. The van der Waals surface area contributed by atoms with Gasteiger partial charge in [-0.3, -0.25) is 0 Å². The van der Waals surface area contributed by atoms with Crippen molar-refractivity contribution in [2.24, 2.45) is 0 Å². The van der Waals surface area contributed by atoms with Crippen LogP contribution in [0.2, 0.25) is 0 Å². The molecular formula is C18H28ClNO5. The Kier molecular flexibility index (Phi) is 9.45. The molecule has 25 heavy (non-hydrogen) atoms. The molecule has 0 atom stereocenters. The average Bonchev–Trinajstić information content (AvgIpc) is 2.64. The van der Waals surface area contributed by atoms with Gasteiger partial charge in [-0.25, -0.2) is 4.79 Å². The monoisotopic (exact) mass is 373 g/mol. The van der Waals surface area contributed by atoms with Crippen LogP contribution in [0.25, 0.3) is 0 Å². The minimum absolute atomic E-state index is 0. The minimum atomic E-state index is -0.403. The number of esters is 1. The molecule has 0 aliphatic heterocycles. The second-order valence-corrected chi connectivity index (χ2v) is 5.84. The van der Waals surface area contributed by atoms with Gasteiger partial charge in [-0.2, -0.15) is 0 Å². The normalized spacial score (nSPS) is 14.4. The molecule has 2 rings (SSSR count). The van der Waals surface area contributed by atoms with E-state index in [4.69, 9.17) is 18.9 Å². The molecule has 1 aliphatic rings. The Morgan fingerprint density at radius 1 is 1.04 bits per heavy atom. The van der Waals surface area contributed by atoms with Crippen molar-refractivity contribution in [2.45, 2.75) is 38.1 Å². The van der Waals surface area contributed by atoms with Crippen molar-refractivity contribution in [2.75, 3.05) is 34.5 Å². The van der Waals surface area contributed by atoms with Crippen LogP contribution in [0.3, 0.4) is 0 Å². The van der Waals surface area contributed by atoms with Crippen LogP contribution >= 0.6 is 12.4 Å². The van der Waals surface area contributed by atoms with Crippen LogP contribution in [0.15, 0.2) is 12.1 Å². The summed E-state index contributed by atoms with van der Waals surface area (Å²) in [5, 5.41) is 3.45. The third kappa shape index (κ3) is 5.97. The van der Waals surface area contributed by atoms with Crippen molar-refractivity contribution in [3.63, 3.8) is 0 Å². The summed E-state index contributed by atoms with van der Waals surface area (Å²) >= 11 is 0. The third-order valence-electron chi connectivity index (χ3n) is 4.27. The summed E-state index contributed by atoms with van der Waals surface area (Å²) in [7, 11) is 4.55. The zero-order valence-electron chi connectivity index (χ0n) is 15.1. The lowest BCUT2D eigenvalue weighted by Gasteiger charge is -2.22. The van der Waals surface area contributed by atoms with Gasteiger partial charge in [-0.05, 0) is 25.0 Å². The summed E-state index contributed by atoms with van der Waals surface area (Å²) in [6, 6.07) is 3.75. The summed E-state index contributed by atoms with van der Waals surface area (Å²) in [5.41, 5.74) is 0.377. The average molecular weight is 374 g/mol. The standard InChI is InChI=1S/C18H27NO5.ClH/c1-21-15-11-13(12-16(22-2)17(15)23-3)18(20)24-10-9-19-14-7-5-4-6-8-14;/h11-12,14,19H,4-10H2,1-3H3;1H. The fourth-order valence-corrected chi connectivity index (χ4v) is 3.00. The molecule has 142 valence electrons. The third-order valence-corrected chi connectivity index (χ3v) is 4.27. The van der Waals surface area contributed by atoms with Gasteiger partial charge in [-0.1, -0.05) is 19.3 Å². The quantitative estimate of drug-likeness (QED) is 0.557. The van der Waals surface area contributed by atoms with Gasteiger partial charge >= 0.3 is 5.97 Å². The van der Waals surface area contributed by atoms with Gasteiger partial charge < -0.3 is 24.3 Å². The van der Waals surface area contributed by atoms with Crippen LogP contribution in [0.5, 0.6) is 17.2 Å². The molecule has 1 aromatic rings. The van der Waals surface area contributed by atoms with E-state index in [1.165, 1.54) is 53.4 Å². The molecule has 6 nitrogen and oxygen atoms in total. The number of halogens is 1. The first-order valence-electron chi connectivity index (χ1n) is 8.40. The highest BCUT2D eigenvalue weighted by atomic mass is 35.5. The number of nitrogens with one attached hydrogen (secondary N) is 1. The summed E-state index contributed by atoms with van der Waals surface area (Å²) in [5.74, 6) is 0.920. The van der Waals surface area contributed by atoms with E-state index in [2.05, 4.69) is 5.32 Å². The topological polar surface area (TPSA) is 66.0 Å². The van der Waals surface area contributed by atoms with Crippen molar-refractivity contribution in [1.82, 2.24) is 5.32 Å². The van der Waals surface area contributed by atoms with Crippen molar-refractivity contribution < 1.29 is 23.7 Å². The minimum Gasteiger partial charge on any atom is -0.493 e. The molecule has 1 N–H and O–H groups in total. The number of carbonyl (C=O) groups is 1. The molecule has 0 heterocycles. The molecule has 1 fully saturated rings. The second-order valence-electron chi connectivity index (χ2n) is 5.84. The summed E-state index contributed by atoms with van der Waals surface area (Å²) in [4.78, 5) is 12.2. The Hall–Kier alpha value is -1.66. The second kappa shape index (κ2) is 11.1. The first-order valence-corrected chi connectivity index (χ1v) is 8.40. The van der Waals surface area contributed by atoms with Gasteiger partial charge in [0.1, 0.15) is 6.61 Å². The van der Waals surface area contributed by atoms with Crippen LogP contribution in [0.1, 0.15) is 42.5 Å². The Morgan fingerprint density at radius 2 is 1.64 bits per heavy atom. The van der Waals surface area contributed by atoms with Crippen molar-refractivity contribution in [3.8, 4) is 17.2 Å². The lowest BCUT2D eigenvalue weighted by molar-refractivity contribution is 0.0503. The number of hydrogen-bond donors (Lipinski definition) is 1. The van der Waals surface area contributed by atoms with Gasteiger partial charge in [-0.15, -0.1) is 12.4 Å². The van der Waals surface area contributed by atoms with Gasteiger partial charge in [0.05, 0.1) is 26.9 Å². The van der Waals surface area contributed by atoms with Gasteiger partial charge in [0.15, 0.2) is 11.5 Å². The van der Waals surface area contributed by atoms with Gasteiger partial charge in [0.25, 0.3) is 0 Å². The molecule has 1 saturated carbocycles. The zero-order chi connectivity index (χ0) is 17.4. The highest BCUT2D eigenvalue weighted by Gasteiger charge is 2.18. The van der Waals surface area contributed by atoms with E-state index in [1.54, 1.807) is 12.1 Å². The number of hydrogen-bond acceptors (Lipinski definition) is 6. The van der Waals surface area contributed by atoms with E-state index in [1.807, 2.05) is 0 Å². The molecule has 0 unspecified atom stereocenters. The maximum atomic E-state index is 12.2. The summed E-state index contributed by atoms with van der Waals surface area (Å²) < 4.78 is 21.1. The Balaban J connectivity index is 0.00000312. The molecule has 0 saturated heterocycles. The number of benzene rings is 1.